The van der Waals surface area contributed by atoms with Crippen LogP contribution in [0.1, 0.15) is 31.9 Å². The summed E-state index contributed by atoms with van der Waals surface area (Å²) in [6.07, 6.45) is 0. The highest BCUT2D eigenvalue weighted by atomic mass is 79.9. The molecule has 0 aliphatic carbocycles. The fourth-order valence-electron chi connectivity index (χ4n) is 3.59. The van der Waals surface area contributed by atoms with E-state index in [9.17, 15) is 9.59 Å². The van der Waals surface area contributed by atoms with Crippen molar-refractivity contribution in [3.63, 3.8) is 0 Å². The summed E-state index contributed by atoms with van der Waals surface area (Å²) >= 11 is 3.60. The van der Waals surface area contributed by atoms with Crippen LogP contribution in [-0.2, 0) is 16.1 Å². The van der Waals surface area contributed by atoms with E-state index in [1.165, 1.54) is 0 Å². The number of carbonyl (C=O) groups is 2. The maximum atomic E-state index is 13.3. The average molecular weight is 511 g/mol. The third-order valence-corrected chi connectivity index (χ3v) is 6.28. The second-order valence-electron chi connectivity index (χ2n) is 8.71. The van der Waals surface area contributed by atoms with Crippen molar-refractivity contribution in [3.8, 4) is 5.75 Å². The van der Waals surface area contributed by atoms with E-state index in [-0.39, 0.29) is 18.4 Å². The maximum Gasteiger partial charge on any atom is 0.261 e. The molecular weight excluding hydrogens is 480 g/mol. The van der Waals surface area contributed by atoms with E-state index in [4.69, 9.17) is 4.74 Å². The highest BCUT2D eigenvalue weighted by Gasteiger charge is 2.26. The van der Waals surface area contributed by atoms with E-state index in [0.717, 1.165) is 26.4 Å². The zero-order valence-electron chi connectivity index (χ0n) is 19.6. The number of halogens is 1. The first-order chi connectivity index (χ1) is 15.8. The monoisotopic (exact) mass is 510 g/mol. The van der Waals surface area contributed by atoms with Crippen LogP contribution in [0.3, 0.4) is 0 Å². The molecule has 1 atom stereocenters. The Balaban J connectivity index is 1.78. The highest BCUT2D eigenvalue weighted by molar-refractivity contribution is 9.10. The minimum Gasteiger partial charge on any atom is -0.483 e. The predicted molar refractivity (Wildman–Crippen MR) is 136 cm³/mol. The summed E-state index contributed by atoms with van der Waals surface area (Å²) in [5, 5.41) is 5.03. The summed E-state index contributed by atoms with van der Waals surface area (Å²) < 4.78 is 6.71. The fourth-order valence-corrected chi connectivity index (χ4v) is 4.20. The van der Waals surface area contributed by atoms with Gasteiger partial charge in [0.05, 0.1) is 4.47 Å². The molecule has 0 bridgehead atoms. The second kappa shape index (κ2) is 11.3. The number of nitrogens with one attached hydrogen (secondary N) is 1. The lowest BCUT2D eigenvalue weighted by Gasteiger charge is -2.29. The van der Waals surface area contributed by atoms with Gasteiger partial charge in [-0.05, 0) is 58.1 Å². The van der Waals surface area contributed by atoms with Crippen LogP contribution < -0.4 is 10.1 Å². The Hall–Kier alpha value is -2.86. The molecule has 0 unspecified atom stereocenters. The number of carbonyl (C=O) groups excluding carboxylic acids is 2. The SMILES string of the molecule is Cc1cccc(CN(C(=O)COc2ccc3ccccc3c2Br)[C@H](C)C(=O)NCC(C)C)c1. The van der Waals surface area contributed by atoms with Crippen LogP contribution in [0.4, 0.5) is 0 Å². The van der Waals surface area contributed by atoms with Gasteiger partial charge in [-0.2, -0.15) is 0 Å². The Bertz CT molecular complexity index is 1130. The van der Waals surface area contributed by atoms with Gasteiger partial charge in [0.15, 0.2) is 6.61 Å². The van der Waals surface area contributed by atoms with Gasteiger partial charge in [-0.25, -0.2) is 0 Å². The molecule has 3 aromatic rings. The summed E-state index contributed by atoms with van der Waals surface area (Å²) in [6.45, 7) is 8.58. The van der Waals surface area contributed by atoms with E-state index >= 15 is 0 Å². The summed E-state index contributed by atoms with van der Waals surface area (Å²) in [6, 6.07) is 19.1. The largest absolute Gasteiger partial charge is 0.483 e. The van der Waals surface area contributed by atoms with Gasteiger partial charge in [-0.3, -0.25) is 9.59 Å². The average Bonchev–Trinajstić information content (AvgIpc) is 2.80. The Morgan fingerprint density at radius 2 is 1.79 bits per heavy atom. The lowest BCUT2D eigenvalue weighted by atomic mass is 10.1. The number of rotatable bonds is 9. The van der Waals surface area contributed by atoms with Gasteiger partial charge in [0.25, 0.3) is 5.91 Å². The van der Waals surface area contributed by atoms with E-state index in [0.29, 0.717) is 24.8 Å². The van der Waals surface area contributed by atoms with Crippen molar-refractivity contribution in [3.05, 3.63) is 76.3 Å². The van der Waals surface area contributed by atoms with Crippen molar-refractivity contribution in [1.82, 2.24) is 10.2 Å². The van der Waals surface area contributed by atoms with E-state index in [2.05, 4.69) is 21.2 Å². The normalized spacial score (nSPS) is 11.9. The van der Waals surface area contributed by atoms with Crippen molar-refractivity contribution in [2.45, 2.75) is 40.3 Å². The van der Waals surface area contributed by atoms with E-state index in [1.54, 1.807) is 11.8 Å². The fraction of sp³-hybridized carbons (Fsp3) is 0.333. The molecule has 0 aliphatic heterocycles. The third-order valence-electron chi connectivity index (χ3n) is 5.47. The van der Waals surface area contributed by atoms with Gasteiger partial charge in [-0.1, -0.05) is 74.0 Å². The number of fused-ring (bicyclic) bond motifs is 1. The molecular formula is C27H31BrN2O3. The van der Waals surface area contributed by atoms with Crippen molar-refractivity contribution in [2.75, 3.05) is 13.2 Å². The number of nitrogens with zero attached hydrogens (tertiary/aromatic N) is 1. The molecule has 0 aliphatic rings. The molecule has 3 aromatic carbocycles. The summed E-state index contributed by atoms with van der Waals surface area (Å²) in [5.74, 6) is 0.505. The van der Waals surface area contributed by atoms with Gasteiger partial charge in [-0.15, -0.1) is 0 Å². The Morgan fingerprint density at radius 1 is 1.03 bits per heavy atom. The lowest BCUT2D eigenvalue weighted by molar-refractivity contribution is -0.142. The van der Waals surface area contributed by atoms with Crippen LogP contribution in [0.15, 0.2) is 65.1 Å². The van der Waals surface area contributed by atoms with E-state index < -0.39 is 6.04 Å². The molecule has 0 fully saturated rings. The molecule has 174 valence electrons. The first-order valence-corrected chi connectivity index (χ1v) is 12.0. The summed E-state index contributed by atoms with van der Waals surface area (Å²) in [7, 11) is 0. The van der Waals surface area contributed by atoms with Gasteiger partial charge < -0.3 is 15.0 Å². The van der Waals surface area contributed by atoms with Crippen LogP contribution in [0, 0.1) is 12.8 Å². The number of hydrogen-bond donors (Lipinski definition) is 1. The molecule has 1 N–H and O–H groups in total. The highest BCUT2D eigenvalue weighted by Crippen LogP contribution is 2.33. The molecule has 6 heteroatoms. The first kappa shape index (κ1) is 24.8. The minimum atomic E-state index is -0.625. The van der Waals surface area contributed by atoms with Crippen molar-refractivity contribution in [1.29, 1.82) is 0 Å². The molecule has 0 heterocycles. The molecule has 0 radical (unpaired) electrons. The van der Waals surface area contributed by atoms with Crippen LogP contribution in [0.5, 0.6) is 5.75 Å². The molecule has 3 rings (SSSR count). The molecule has 0 spiro atoms. The number of amides is 2. The van der Waals surface area contributed by atoms with Crippen LogP contribution >= 0.6 is 15.9 Å². The Kier molecular flexibility index (Phi) is 8.50. The van der Waals surface area contributed by atoms with Crippen molar-refractivity contribution in [2.24, 2.45) is 5.92 Å². The molecule has 0 saturated carbocycles. The second-order valence-corrected chi connectivity index (χ2v) is 9.51. The molecule has 0 saturated heterocycles. The van der Waals surface area contributed by atoms with Gasteiger partial charge in [0, 0.05) is 13.1 Å². The number of ether oxygens (including phenoxy) is 1. The number of hydrogen-bond acceptors (Lipinski definition) is 3. The number of aryl methyl sites for hydroxylation is 1. The quantitative estimate of drug-likeness (QED) is 0.414. The zero-order chi connectivity index (χ0) is 24.0. The third kappa shape index (κ3) is 6.57. The molecule has 5 nitrogen and oxygen atoms in total. The van der Waals surface area contributed by atoms with E-state index in [1.807, 2.05) is 81.4 Å². The van der Waals surface area contributed by atoms with Crippen LogP contribution in [-0.4, -0.2) is 35.9 Å². The van der Waals surface area contributed by atoms with Gasteiger partial charge >= 0.3 is 0 Å². The first-order valence-electron chi connectivity index (χ1n) is 11.2. The maximum absolute atomic E-state index is 13.3. The molecule has 2 amide bonds. The minimum absolute atomic E-state index is 0.162. The zero-order valence-corrected chi connectivity index (χ0v) is 21.2. The molecule has 0 aromatic heterocycles. The van der Waals surface area contributed by atoms with Crippen molar-refractivity contribution >= 4 is 38.5 Å². The van der Waals surface area contributed by atoms with Crippen LogP contribution in [0.25, 0.3) is 10.8 Å². The predicted octanol–water partition coefficient (Wildman–Crippen LogP) is 5.48. The Morgan fingerprint density at radius 3 is 2.52 bits per heavy atom. The molecule has 33 heavy (non-hydrogen) atoms. The van der Waals surface area contributed by atoms with Gasteiger partial charge in [0.2, 0.25) is 5.91 Å². The lowest BCUT2D eigenvalue weighted by Crippen LogP contribution is -2.49. The van der Waals surface area contributed by atoms with Gasteiger partial charge in [0.1, 0.15) is 11.8 Å². The smallest absolute Gasteiger partial charge is 0.261 e. The van der Waals surface area contributed by atoms with Crippen molar-refractivity contribution < 1.29 is 14.3 Å². The van der Waals surface area contributed by atoms with Crippen LogP contribution in [0.2, 0.25) is 0 Å². The number of benzene rings is 3. The topological polar surface area (TPSA) is 58.6 Å². The summed E-state index contributed by atoms with van der Waals surface area (Å²) in [4.78, 5) is 27.6. The standard InChI is InChI=1S/C27H31BrN2O3/c1-18(2)15-29-27(32)20(4)30(16-21-9-7-8-19(3)14-21)25(31)17-33-24-13-12-22-10-5-6-11-23(22)26(24)28/h5-14,18,20H,15-17H2,1-4H3,(H,29,32)/t20-/m1/s1. The summed E-state index contributed by atoms with van der Waals surface area (Å²) in [5.41, 5.74) is 2.08. The Labute approximate surface area is 204 Å².